The van der Waals surface area contributed by atoms with Gasteiger partial charge >= 0.3 is 0 Å². The van der Waals surface area contributed by atoms with Crippen molar-refractivity contribution in [3.63, 3.8) is 0 Å². The predicted octanol–water partition coefficient (Wildman–Crippen LogP) is 2.08. The molecule has 0 aliphatic heterocycles. The Bertz CT molecular complexity index is 775. The average Bonchev–Trinajstić information content (AvgIpc) is 3.01. The summed E-state index contributed by atoms with van der Waals surface area (Å²) in [4.78, 5) is 8.87. The fraction of sp³-hybridized carbons (Fsp3) is 0.267. The van der Waals surface area contributed by atoms with Crippen LogP contribution in [0.4, 0.5) is 0 Å². The normalized spacial score (nSPS) is 10.8. The number of hydrogen-bond donors (Lipinski definition) is 0. The van der Waals surface area contributed by atoms with Gasteiger partial charge in [0.25, 0.3) is 0 Å². The Hall–Kier alpha value is -2.61. The van der Waals surface area contributed by atoms with Gasteiger partial charge in [0.2, 0.25) is 0 Å². The molecule has 2 aromatic heterocycles. The van der Waals surface area contributed by atoms with Crippen LogP contribution in [0.3, 0.4) is 0 Å². The number of nitrogens with zero attached hydrogens (tertiary/aromatic N) is 5. The zero-order valence-corrected chi connectivity index (χ0v) is 11.3. The van der Waals surface area contributed by atoms with Crippen LogP contribution in [0, 0.1) is 11.3 Å². The van der Waals surface area contributed by atoms with Gasteiger partial charge < -0.3 is 9.13 Å². The summed E-state index contributed by atoms with van der Waals surface area (Å²) in [7, 11) is 1.99. The molecule has 0 fully saturated rings. The molecule has 5 heteroatoms. The van der Waals surface area contributed by atoms with E-state index >= 15 is 0 Å². The van der Waals surface area contributed by atoms with Crippen molar-refractivity contribution >= 4 is 11.0 Å². The van der Waals surface area contributed by atoms with E-state index in [9.17, 15) is 0 Å². The van der Waals surface area contributed by atoms with Crippen LogP contribution in [0.5, 0.6) is 0 Å². The lowest BCUT2D eigenvalue weighted by Crippen LogP contribution is -2.08. The number of hydrogen-bond acceptors (Lipinski definition) is 3. The molecule has 20 heavy (non-hydrogen) atoms. The van der Waals surface area contributed by atoms with E-state index in [-0.39, 0.29) is 0 Å². The molecule has 0 aliphatic carbocycles. The second-order valence-electron chi connectivity index (χ2n) is 4.71. The first-order chi connectivity index (χ1) is 9.79. The summed E-state index contributed by atoms with van der Waals surface area (Å²) >= 11 is 0. The molecule has 5 nitrogen and oxygen atoms in total. The highest BCUT2D eigenvalue weighted by Crippen LogP contribution is 2.17. The number of aryl methyl sites for hydroxylation is 3. The minimum Gasteiger partial charge on any atom is -0.338 e. The summed E-state index contributed by atoms with van der Waals surface area (Å²) in [6.07, 6.45) is 4.90. The average molecular weight is 265 g/mol. The Labute approximate surface area is 117 Å². The molecule has 0 N–H and O–H groups in total. The number of benzene rings is 1. The summed E-state index contributed by atoms with van der Waals surface area (Å²) in [6, 6.07) is 10.2. The maximum absolute atomic E-state index is 8.95. The van der Waals surface area contributed by atoms with Crippen molar-refractivity contribution in [2.75, 3.05) is 0 Å². The minimum absolute atomic E-state index is 0.329. The SMILES string of the molecule is Cn1ccnc1CCn1c(CC#N)nc2ccccc21. The molecule has 3 aromatic rings. The Morgan fingerprint density at radius 3 is 2.85 bits per heavy atom. The predicted molar refractivity (Wildman–Crippen MR) is 76.0 cm³/mol. The van der Waals surface area contributed by atoms with E-state index in [1.54, 1.807) is 6.20 Å². The van der Waals surface area contributed by atoms with E-state index in [1.807, 2.05) is 42.1 Å². The first kappa shape index (κ1) is 12.4. The molecule has 0 spiro atoms. The molecule has 2 heterocycles. The van der Waals surface area contributed by atoms with Crippen molar-refractivity contribution < 1.29 is 0 Å². The maximum atomic E-state index is 8.95. The van der Waals surface area contributed by atoms with Gasteiger partial charge in [-0.2, -0.15) is 5.26 Å². The van der Waals surface area contributed by atoms with Gasteiger partial charge in [-0.3, -0.25) is 0 Å². The Morgan fingerprint density at radius 1 is 1.25 bits per heavy atom. The molecule has 0 saturated carbocycles. The summed E-state index contributed by atoms with van der Waals surface area (Å²) in [5.41, 5.74) is 2.02. The lowest BCUT2D eigenvalue weighted by molar-refractivity contribution is 0.643. The van der Waals surface area contributed by atoms with Gasteiger partial charge in [0.05, 0.1) is 23.5 Å². The van der Waals surface area contributed by atoms with Gasteiger partial charge in [0, 0.05) is 32.4 Å². The molecular weight excluding hydrogens is 250 g/mol. The van der Waals surface area contributed by atoms with Crippen LogP contribution in [0.2, 0.25) is 0 Å². The quantitative estimate of drug-likeness (QED) is 0.725. The molecule has 100 valence electrons. The molecule has 3 rings (SSSR count). The van der Waals surface area contributed by atoms with Crippen LogP contribution in [0.15, 0.2) is 36.7 Å². The standard InChI is InChI=1S/C15H15N5/c1-19-11-9-17-14(19)7-10-20-13-5-3-2-4-12(13)18-15(20)6-8-16/h2-5,9,11H,6-7,10H2,1H3. The van der Waals surface area contributed by atoms with Crippen molar-refractivity contribution in [2.24, 2.45) is 7.05 Å². The lowest BCUT2D eigenvalue weighted by Gasteiger charge is -2.07. The molecule has 0 radical (unpaired) electrons. The van der Waals surface area contributed by atoms with Gasteiger partial charge in [-0.05, 0) is 12.1 Å². The van der Waals surface area contributed by atoms with Crippen LogP contribution in [-0.4, -0.2) is 19.1 Å². The third-order valence-electron chi connectivity index (χ3n) is 3.45. The molecule has 0 unspecified atom stereocenters. The largest absolute Gasteiger partial charge is 0.338 e. The van der Waals surface area contributed by atoms with Crippen LogP contribution in [-0.2, 0) is 26.4 Å². The topological polar surface area (TPSA) is 59.4 Å². The van der Waals surface area contributed by atoms with Gasteiger partial charge in [-0.15, -0.1) is 0 Å². The zero-order valence-electron chi connectivity index (χ0n) is 11.3. The van der Waals surface area contributed by atoms with Gasteiger partial charge in [-0.1, -0.05) is 12.1 Å². The zero-order chi connectivity index (χ0) is 13.9. The van der Waals surface area contributed by atoms with Crippen LogP contribution < -0.4 is 0 Å². The van der Waals surface area contributed by atoms with Crippen molar-refractivity contribution in [2.45, 2.75) is 19.4 Å². The number of para-hydroxylation sites is 2. The monoisotopic (exact) mass is 265 g/mol. The van der Waals surface area contributed by atoms with Gasteiger partial charge in [-0.25, -0.2) is 9.97 Å². The van der Waals surface area contributed by atoms with Crippen LogP contribution >= 0.6 is 0 Å². The van der Waals surface area contributed by atoms with Crippen molar-refractivity contribution in [3.8, 4) is 6.07 Å². The second kappa shape index (κ2) is 5.17. The number of imidazole rings is 2. The first-order valence-electron chi connectivity index (χ1n) is 6.57. The van der Waals surface area contributed by atoms with Crippen molar-refractivity contribution in [3.05, 3.63) is 48.3 Å². The highest BCUT2D eigenvalue weighted by Gasteiger charge is 2.10. The van der Waals surface area contributed by atoms with E-state index in [0.29, 0.717) is 6.42 Å². The van der Waals surface area contributed by atoms with Gasteiger partial charge in [0.15, 0.2) is 0 Å². The summed E-state index contributed by atoms with van der Waals surface area (Å²) in [5.74, 6) is 1.86. The fourth-order valence-electron chi connectivity index (χ4n) is 2.43. The molecule has 0 amide bonds. The van der Waals surface area contributed by atoms with Crippen LogP contribution in [0.1, 0.15) is 11.6 Å². The van der Waals surface area contributed by atoms with Crippen molar-refractivity contribution in [1.82, 2.24) is 19.1 Å². The molecule has 0 atom stereocenters. The third kappa shape index (κ3) is 2.16. The summed E-state index contributed by atoms with van der Waals surface area (Å²) < 4.78 is 4.14. The molecule has 1 aromatic carbocycles. The molecule has 0 aliphatic rings. The third-order valence-corrected chi connectivity index (χ3v) is 3.45. The number of aromatic nitrogens is 4. The van der Waals surface area contributed by atoms with E-state index in [1.165, 1.54) is 0 Å². The lowest BCUT2D eigenvalue weighted by atomic mass is 10.3. The van der Waals surface area contributed by atoms with Crippen molar-refractivity contribution in [1.29, 1.82) is 5.26 Å². The summed E-state index contributed by atoms with van der Waals surface area (Å²) in [6.45, 7) is 0.780. The Kier molecular flexibility index (Phi) is 3.21. The smallest absolute Gasteiger partial charge is 0.124 e. The first-order valence-corrected chi connectivity index (χ1v) is 6.57. The molecule has 0 saturated heterocycles. The number of fused-ring (bicyclic) bond motifs is 1. The number of rotatable bonds is 4. The van der Waals surface area contributed by atoms with E-state index < -0.39 is 0 Å². The number of nitriles is 1. The molecular formula is C15H15N5. The Morgan fingerprint density at radius 2 is 2.10 bits per heavy atom. The molecule has 0 bridgehead atoms. The highest BCUT2D eigenvalue weighted by atomic mass is 15.1. The minimum atomic E-state index is 0.329. The van der Waals surface area contributed by atoms with E-state index in [2.05, 4.69) is 20.6 Å². The van der Waals surface area contributed by atoms with Crippen LogP contribution in [0.25, 0.3) is 11.0 Å². The summed E-state index contributed by atoms with van der Waals surface area (Å²) in [5, 5.41) is 8.95. The second-order valence-corrected chi connectivity index (χ2v) is 4.71. The highest BCUT2D eigenvalue weighted by molar-refractivity contribution is 5.75. The van der Waals surface area contributed by atoms with E-state index in [4.69, 9.17) is 5.26 Å². The maximum Gasteiger partial charge on any atom is 0.124 e. The van der Waals surface area contributed by atoms with Gasteiger partial charge in [0.1, 0.15) is 11.6 Å². The van der Waals surface area contributed by atoms with E-state index in [0.717, 1.165) is 35.6 Å². The Balaban J connectivity index is 1.95. The fourth-order valence-corrected chi connectivity index (χ4v) is 2.43.